The summed E-state index contributed by atoms with van der Waals surface area (Å²) in [6, 6.07) is 7.31. The molecule has 0 aliphatic carbocycles. The minimum Gasteiger partial charge on any atom is -0.324 e. The number of amides is 3. The molecule has 8 nitrogen and oxygen atoms in total. The molecule has 0 aromatic heterocycles. The van der Waals surface area contributed by atoms with Crippen LogP contribution in [-0.2, 0) is 14.4 Å². The van der Waals surface area contributed by atoms with Gasteiger partial charge in [0, 0.05) is 11.8 Å². The Morgan fingerprint density at radius 3 is 2.52 bits per heavy atom. The van der Waals surface area contributed by atoms with Gasteiger partial charge in [-0.3, -0.25) is 19.4 Å². The molecule has 0 radical (unpaired) electrons. The second-order valence-corrected chi connectivity index (χ2v) is 6.71. The molecule has 1 N–H and O–H groups in total. The fourth-order valence-corrected chi connectivity index (χ4v) is 3.24. The SMILES string of the molecule is Cc1ccc(NC(=O)CN2N=N[C@@H]3C(=O)N(c4ccc(F)cc4F)C(=O)[C@H]32)cc1. The second kappa shape index (κ2) is 7.04. The standard InChI is InChI=1S/C19H15F2N5O3/c1-10-2-5-12(6-3-10)22-15(27)9-25-17-16(23-24-25)18(28)26(19(17)29)14-7-4-11(20)8-13(14)21/h2-8,16-17H,9H2,1H3,(H,22,27)/t16-,17-/m0/s1. The van der Waals surface area contributed by atoms with Gasteiger partial charge in [0.15, 0.2) is 12.1 Å². The lowest BCUT2D eigenvalue weighted by Crippen LogP contribution is -2.43. The Labute approximate surface area is 163 Å². The van der Waals surface area contributed by atoms with E-state index in [2.05, 4.69) is 15.7 Å². The molecule has 0 bridgehead atoms. The van der Waals surface area contributed by atoms with Crippen LogP contribution in [0, 0.1) is 18.6 Å². The molecular weight excluding hydrogens is 384 g/mol. The highest BCUT2D eigenvalue weighted by atomic mass is 19.1. The largest absolute Gasteiger partial charge is 0.324 e. The highest BCUT2D eigenvalue weighted by molar-refractivity contribution is 6.25. The molecular formula is C19H15F2N5O3. The van der Waals surface area contributed by atoms with Crippen LogP contribution in [0.3, 0.4) is 0 Å². The van der Waals surface area contributed by atoms with Crippen LogP contribution in [0.2, 0.25) is 0 Å². The first-order valence-corrected chi connectivity index (χ1v) is 8.72. The van der Waals surface area contributed by atoms with Crippen LogP contribution < -0.4 is 10.2 Å². The Morgan fingerprint density at radius 1 is 1.10 bits per heavy atom. The van der Waals surface area contributed by atoms with Crippen molar-refractivity contribution in [2.24, 2.45) is 10.3 Å². The quantitative estimate of drug-likeness (QED) is 0.798. The Kier molecular flexibility index (Phi) is 4.53. The van der Waals surface area contributed by atoms with Crippen molar-refractivity contribution in [1.82, 2.24) is 5.01 Å². The molecule has 2 aromatic rings. The van der Waals surface area contributed by atoms with Gasteiger partial charge >= 0.3 is 0 Å². The van der Waals surface area contributed by atoms with Crippen LogP contribution >= 0.6 is 0 Å². The molecule has 2 aliphatic rings. The normalized spacial score (nSPS) is 20.4. The zero-order chi connectivity index (χ0) is 20.7. The topological polar surface area (TPSA) is 94.4 Å². The molecule has 29 heavy (non-hydrogen) atoms. The van der Waals surface area contributed by atoms with Crippen molar-refractivity contribution in [2.75, 3.05) is 16.8 Å². The number of carbonyl (C=O) groups is 3. The van der Waals surface area contributed by atoms with Crippen molar-refractivity contribution in [3.63, 3.8) is 0 Å². The molecule has 2 aliphatic heterocycles. The Bertz CT molecular complexity index is 1040. The van der Waals surface area contributed by atoms with Gasteiger partial charge in [0.05, 0.1) is 5.69 Å². The highest BCUT2D eigenvalue weighted by Gasteiger charge is 2.55. The summed E-state index contributed by atoms with van der Waals surface area (Å²) < 4.78 is 27.2. The molecule has 1 saturated heterocycles. The smallest absolute Gasteiger partial charge is 0.263 e. The monoisotopic (exact) mass is 399 g/mol. The van der Waals surface area contributed by atoms with E-state index in [1.165, 1.54) is 0 Å². The maximum absolute atomic E-state index is 14.1. The molecule has 10 heteroatoms. The minimum absolute atomic E-state index is 0.322. The maximum Gasteiger partial charge on any atom is 0.263 e. The number of nitrogens with zero attached hydrogens (tertiary/aromatic N) is 4. The lowest BCUT2D eigenvalue weighted by Gasteiger charge is -2.20. The van der Waals surface area contributed by atoms with Crippen LogP contribution in [0.4, 0.5) is 20.2 Å². The predicted octanol–water partition coefficient (Wildman–Crippen LogP) is 2.21. The first kappa shape index (κ1) is 18.7. The third kappa shape index (κ3) is 3.33. The van der Waals surface area contributed by atoms with Gasteiger partial charge in [-0.2, -0.15) is 5.11 Å². The number of benzene rings is 2. The van der Waals surface area contributed by atoms with Gasteiger partial charge in [-0.15, -0.1) is 0 Å². The van der Waals surface area contributed by atoms with E-state index in [9.17, 15) is 23.2 Å². The summed E-state index contributed by atoms with van der Waals surface area (Å²) in [4.78, 5) is 38.3. The second-order valence-electron chi connectivity index (χ2n) is 6.71. The van der Waals surface area contributed by atoms with Crippen molar-refractivity contribution < 1.29 is 23.2 Å². The first-order valence-electron chi connectivity index (χ1n) is 8.72. The summed E-state index contributed by atoms with van der Waals surface area (Å²) in [5.41, 5.74) is 1.23. The van der Waals surface area contributed by atoms with Crippen molar-refractivity contribution in [3.8, 4) is 0 Å². The number of hydrogen-bond acceptors (Lipinski definition) is 6. The van der Waals surface area contributed by atoms with E-state index < -0.39 is 41.4 Å². The van der Waals surface area contributed by atoms with Gasteiger partial charge in [-0.05, 0) is 31.2 Å². The molecule has 2 atom stereocenters. The fourth-order valence-electron chi connectivity index (χ4n) is 3.24. The Balaban J connectivity index is 1.50. The van der Waals surface area contributed by atoms with Gasteiger partial charge in [0.2, 0.25) is 5.91 Å². The van der Waals surface area contributed by atoms with E-state index in [1.54, 1.807) is 12.1 Å². The van der Waals surface area contributed by atoms with Gasteiger partial charge in [-0.1, -0.05) is 22.9 Å². The van der Waals surface area contributed by atoms with E-state index in [1.807, 2.05) is 19.1 Å². The number of imide groups is 1. The number of nitrogens with one attached hydrogen (secondary N) is 1. The third-order valence-corrected chi connectivity index (χ3v) is 4.65. The lowest BCUT2D eigenvalue weighted by molar-refractivity contribution is -0.123. The number of aryl methyl sites for hydroxylation is 1. The van der Waals surface area contributed by atoms with Crippen molar-refractivity contribution in [1.29, 1.82) is 0 Å². The average Bonchev–Trinajstić information content (AvgIpc) is 3.18. The van der Waals surface area contributed by atoms with Gasteiger partial charge in [-0.25, -0.2) is 13.7 Å². The first-order chi connectivity index (χ1) is 13.8. The number of anilines is 2. The highest BCUT2D eigenvalue weighted by Crippen LogP contribution is 2.33. The van der Waals surface area contributed by atoms with Crippen LogP contribution in [0.1, 0.15) is 5.56 Å². The van der Waals surface area contributed by atoms with Gasteiger partial charge in [0.25, 0.3) is 11.8 Å². The molecule has 0 unspecified atom stereocenters. The fraction of sp³-hybridized carbons (Fsp3) is 0.211. The Morgan fingerprint density at radius 2 is 1.83 bits per heavy atom. The third-order valence-electron chi connectivity index (χ3n) is 4.65. The summed E-state index contributed by atoms with van der Waals surface area (Å²) in [6.07, 6.45) is 0. The number of halogens is 2. The van der Waals surface area contributed by atoms with E-state index in [0.717, 1.165) is 22.7 Å². The molecule has 148 valence electrons. The summed E-state index contributed by atoms with van der Waals surface area (Å²) in [7, 11) is 0. The van der Waals surface area contributed by atoms with E-state index >= 15 is 0 Å². The van der Waals surface area contributed by atoms with Crippen LogP contribution in [0.5, 0.6) is 0 Å². The summed E-state index contributed by atoms with van der Waals surface area (Å²) >= 11 is 0. The van der Waals surface area contributed by atoms with E-state index in [-0.39, 0.29) is 12.2 Å². The van der Waals surface area contributed by atoms with Crippen LogP contribution in [-0.4, -0.2) is 41.4 Å². The number of carbonyl (C=O) groups excluding carboxylic acids is 3. The molecule has 2 aromatic carbocycles. The maximum atomic E-state index is 14.1. The van der Waals surface area contributed by atoms with Gasteiger partial charge < -0.3 is 5.32 Å². The molecule has 0 spiro atoms. The Hall–Kier alpha value is -3.69. The lowest BCUT2D eigenvalue weighted by atomic mass is 10.1. The molecule has 2 heterocycles. The van der Waals surface area contributed by atoms with Crippen LogP contribution in [0.15, 0.2) is 52.8 Å². The number of hydrogen-bond donors (Lipinski definition) is 1. The molecule has 4 rings (SSSR count). The van der Waals surface area contributed by atoms with E-state index in [0.29, 0.717) is 16.7 Å². The number of rotatable bonds is 4. The van der Waals surface area contributed by atoms with Gasteiger partial charge in [0.1, 0.15) is 18.2 Å². The average molecular weight is 399 g/mol. The van der Waals surface area contributed by atoms with Crippen molar-refractivity contribution in [3.05, 3.63) is 59.7 Å². The number of fused-ring (bicyclic) bond motifs is 1. The summed E-state index contributed by atoms with van der Waals surface area (Å²) in [6.45, 7) is 1.59. The molecule has 0 saturated carbocycles. The van der Waals surface area contributed by atoms with Crippen LogP contribution in [0.25, 0.3) is 0 Å². The van der Waals surface area contributed by atoms with E-state index in [4.69, 9.17) is 0 Å². The summed E-state index contributed by atoms with van der Waals surface area (Å²) in [5.74, 6) is -3.90. The van der Waals surface area contributed by atoms with Crippen molar-refractivity contribution in [2.45, 2.75) is 19.0 Å². The zero-order valence-electron chi connectivity index (χ0n) is 15.2. The van der Waals surface area contributed by atoms with Crippen molar-refractivity contribution >= 4 is 29.1 Å². The summed E-state index contributed by atoms with van der Waals surface area (Å²) in [5, 5.41) is 11.3. The molecule has 1 fully saturated rings. The minimum atomic E-state index is -1.18. The zero-order valence-corrected chi connectivity index (χ0v) is 15.2. The predicted molar refractivity (Wildman–Crippen MR) is 97.8 cm³/mol. The molecule has 3 amide bonds.